The van der Waals surface area contributed by atoms with Crippen LogP contribution in [-0.4, -0.2) is 18.0 Å². The van der Waals surface area contributed by atoms with Gasteiger partial charge in [-0.1, -0.05) is 17.3 Å². The number of oxime groups is 1. The van der Waals surface area contributed by atoms with Gasteiger partial charge in [0.05, 0.1) is 12.8 Å². The fourth-order valence-electron chi connectivity index (χ4n) is 2.72. The topological polar surface area (TPSA) is 51.0 Å². The second-order valence-corrected chi connectivity index (χ2v) is 5.36. The first kappa shape index (κ1) is 14.4. The van der Waals surface area contributed by atoms with Gasteiger partial charge in [-0.15, -0.1) is 0 Å². The average Bonchev–Trinajstić information content (AvgIpc) is 2.59. The van der Waals surface area contributed by atoms with Crippen LogP contribution in [0.25, 0.3) is 0 Å². The number of aryl methyl sites for hydroxylation is 1. The molecule has 22 heavy (non-hydrogen) atoms. The van der Waals surface area contributed by atoms with Crippen LogP contribution < -0.4 is 9.47 Å². The lowest BCUT2D eigenvalue weighted by molar-refractivity contribution is 0.305. The predicted molar refractivity (Wildman–Crippen MR) is 85.0 cm³/mol. The first-order valence-corrected chi connectivity index (χ1v) is 7.40. The molecule has 2 aromatic carbocycles. The molecule has 0 radical (unpaired) electrons. The van der Waals surface area contributed by atoms with Crippen LogP contribution in [0, 0.1) is 0 Å². The Balaban J connectivity index is 1.70. The Morgan fingerprint density at radius 2 is 1.82 bits per heavy atom. The summed E-state index contributed by atoms with van der Waals surface area (Å²) in [5.41, 5.74) is 4.08. The Labute approximate surface area is 130 Å². The fraction of sp³-hybridized carbons (Fsp3) is 0.278. The highest BCUT2D eigenvalue weighted by Gasteiger charge is 2.16. The zero-order valence-electron chi connectivity index (χ0n) is 12.6. The number of fused-ring (bicyclic) bond motifs is 1. The maximum atomic E-state index is 9.05. The van der Waals surface area contributed by atoms with Crippen LogP contribution in [0.1, 0.15) is 29.5 Å². The molecule has 0 aromatic heterocycles. The van der Waals surface area contributed by atoms with Gasteiger partial charge in [0.25, 0.3) is 0 Å². The quantitative estimate of drug-likeness (QED) is 0.690. The van der Waals surface area contributed by atoms with Crippen molar-refractivity contribution in [2.75, 3.05) is 7.11 Å². The zero-order valence-corrected chi connectivity index (χ0v) is 12.6. The predicted octanol–water partition coefficient (Wildman–Crippen LogP) is 3.79. The standard InChI is InChI=1S/C18H19NO3/c1-21-15-7-5-13(6-8-15)12-22-16-9-10-17-14(11-16)3-2-4-18(17)19-20/h5-11,20H,2-4,12H2,1H3. The molecule has 0 bridgehead atoms. The summed E-state index contributed by atoms with van der Waals surface area (Å²) < 4.78 is 11.0. The van der Waals surface area contributed by atoms with Gasteiger partial charge in [0.15, 0.2) is 0 Å². The summed E-state index contributed by atoms with van der Waals surface area (Å²) in [6.45, 7) is 0.518. The molecule has 1 aliphatic carbocycles. The molecule has 0 amide bonds. The van der Waals surface area contributed by atoms with Crippen LogP contribution >= 0.6 is 0 Å². The van der Waals surface area contributed by atoms with Crippen LogP contribution in [0.3, 0.4) is 0 Å². The van der Waals surface area contributed by atoms with E-state index >= 15 is 0 Å². The fourth-order valence-corrected chi connectivity index (χ4v) is 2.72. The number of methoxy groups -OCH3 is 1. The van der Waals surface area contributed by atoms with E-state index in [4.69, 9.17) is 14.7 Å². The number of hydrogen-bond acceptors (Lipinski definition) is 4. The second-order valence-electron chi connectivity index (χ2n) is 5.36. The molecule has 3 rings (SSSR count). The average molecular weight is 297 g/mol. The molecular formula is C18H19NO3. The third kappa shape index (κ3) is 3.06. The van der Waals surface area contributed by atoms with E-state index in [2.05, 4.69) is 5.16 Å². The number of nitrogens with zero attached hydrogens (tertiary/aromatic N) is 1. The number of rotatable bonds is 4. The van der Waals surface area contributed by atoms with Crippen LogP contribution in [0.4, 0.5) is 0 Å². The minimum Gasteiger partial charge on any atom is -0.497 e. The molecule has 0 spiro atoms. The van der Waals surface area contributed by atoms with Gasteiger partial charge >= 0.3 is 0 Å². The smallest absolute Gasteiger partial charge is 0.120 e. The van der Waals surface area contributed by atoms with Crippen molar-refractivity contribution < 1.29 is 14.7 Å². The molecule has 114 valence electrons. The van der Waals surface area contributed by atoms with Crippen molar-refractivity contribution in [3.8, 4) is 11.5 Å². The molecule has 0 saturated heterocycles. The molecule has 1 N–H and O–H groups in total. The molecule has 0 heterocycles. The van der Waals surface area contributed by atoms with E-state index in [0.29, 0.717) is 6.61 Å². The Kier molecular flexibility index (Phi) is 4.28. The van der Waals surface area contributed by atoms with E-state index in [0.717, 1.165) is 47.6 Å². The van der Waals surface area contributed by atoms with Crippen molar-refractivity contribution in [2.45, 2.75) is 25.9 Å². The molecule has 4 heteroatoms. The van der Waals surface area contributed by atoms with Gasteiger partial charge in [-0.25, -0.2) is 0 Å². The van der Waals surface area contributed by atoms with Crippen molar-refractivity contribution in [3.05, 3.63) is 59.2 Å². The minimum absolute atomic E-state index is 0.518. The Morgan fingerprint density at radius 3 is 2.55 bits per heavy atom. The Hall–Kier alpha value is -2.49. The van der Waals surface area contributed by atoms with E-state index in [1.54, 1.807) is 7.11 Å². The molecule has 4 nitrogen and oxygen atoms in total. The number of ether oxygens (including phenoxy) is 2. The lowest BCUT2D eigenvalue weighted by atomic mass is 9.90. The van der Waals surface area contributed by atoms with Crippen LogP contribution in [-0.2, 0) is 13.0 Å². The van der Waals surface area contributed by atoms with Crippen molar-refractivity contribution in [3.63, 3.8) is 0 Å². The molecule has 0 atom stereocenters. The van der Waals surface area contributed by atoms with Crippen molar-refractivity contribution in [2.24, 2.45) is 5.16 Å². The normalized spacial score (nSPS) is 15.4. The summed E-state index contributed by atoms with van der Waals surface area (Å²) >= 11 is 0. The molecular weight excluding hydrogens is 278 g/mol. The lowest BCUT2D eigenvalue weighted by Crippen LogP contribution is -2.12. The molecule has 0 unspecified atom stereocenters. The van der Waals surface area contributed by atoms with E-state index in [9.17, 15) is 0 Å². The third-order valence-electron chi connectivity index (χ3n) is 3.93. The maximum Gasteiger partial charge on any atom is 0.120 e. The van der Waals surface area contributed by atoms with Crippen molar-refractivity contribution >= 4 is 5.71 Å². The van der Waals surface area contributed by atoms with Gasteiger partial charge in [-0.2, -0.15) is 0 Å². The van der Waals surface area contributed by atoms with E-state index in [1.807, 2.05) is 42.5 Å². The zero-order chi connectivity index (χ0) is 15.4. The molecule has 0 fully saturated rings. The first-order valence-electron chi connectivity index (χ1n) is 7.40. The van der Waals surface area contributed by atoms with Gasteiger partial charge in [-0.05, 0) is 60.7 Å². The molecule has 1 aliphatic rings. The van der Waals surface area contributed by atoms with Crippen molar-refractivity contribution in [1.29, 1.82) is 0 Å². The second kappa shape index (κ2) is 6.52. The van der Waals surface area contributed by atoms with Gasteiger partial charge in [0, 0.05) is 5.56 Å². The lowest BCUT2D eigenvalue weighted by Gasteiger charge is -2.18. The summed E-state index contributed by atoms with van der Waals surface area (Å²) in [4.78, 5) is 0. The highest BCUT2D eigenvalue weighted by Crippen LogP contribution is 2.26. The summed E-state index contributed by atoms with van der Waals surface area (Å²) in [6.07, 6.45) is 2.83. The van der Waals surface area contributed by atoms with Gasteiger partial charge in [-0.3, -0.25) is 0 Å². The Morgan fingerprint density at radius 1 is 1.05 bits per heavy atom. The SMILES string of the molecule is COc1ccc(COc2ccc3c(c2)CCCC3=NO)cc1. The maximum absolute atomic E-state index is 9.05. The van der Waals surface area contributed by atoms with Gasteiger partial charge < -0.3 is 14.7 Å². The minimum atomic E-state index is 0.518. The van der Waals surface area contributed by atoms with Gasteiger partial charge in [0.1, 0.15) is 18.1 Å². The summed E-state index contributed by atoms with van der Waals surface area (Å²) in [5, 5.41) is 12.4. The molecule has 0 saturated carbocycles. The summed E-state index contributed by atoms with van der Waals surface area (Å²) in [7, 11) is 1.66. The Bertz CT molecular complexity index is 677. The summed E-state index contributed by atoms with van der Waals surface area (Å²) in [6, 6.07) is 13.8. The van der Waals surface area contributed by atoms with E-state index in [-0.39, 0.29) is 0 Å². The van der Waals surface area contributed by atoms with E-state index in [1.165, 1.54) is 5.56 Å². The van der Waals surface area contributed by atoms with Crippen LogP contribution in [0.5, 0.6) is 11.5 Å². The summed E-state index contributed by atoms with van der Waals surface area (Å²) in [5.74, 6) is 1.68. The molecule has 0 aliphatic heterocycles. The monoisotopic (exact) mass is 297 g/mol. The highest BCUT2D eigenvalue weighted by atomic mass is 16.5. The largest absolute Gasteiger partial charge is 0.497 e. The van der Waals surface area contributed by atoms with E-state index < -0.39 is 0 Å². The van der Waals surface area contributed by atoms with Crippen molar-refractivity contribution in [1.82, 2.24) is 0 Å². The third-order valence-corrected chi connectivity index (χ3v) is 3.93. The number of hydrogen-bond donors (Lipinski definition) is 1. The van der Waals surface area contributed by atoms with Gasteiger partial charge in [0.2, 0.25) is 0 Å². The first-order chi connectivity index (χ1) is 10.8. The molecule has 2 aromatic rings. The van der Waals surface area contributed by atoms with Crippen LogP contribution in [0.15, 0.2) is 47.6 Å². The van der Waals surface area contributed by atoms with Crippen LogP contribution in [0.2, 0.25) is 0 Å². The number of benzene rings is 2. The highest BCUT2D eigenvalue weighted by molar-refractivity contribution is 6.02.